The minimum Gasteiger partial charge on any atom is -0.396 e. The first-order valence-corrected chi connectivity index (χ1v) is 6.65. The molecule has 0 radical (unpaired) electrons. The van der Waals surface area contributed by atoms with Gasteiger partial charge in [0, 0.05) is 43.5 Å². The Morgan fingerprint density at radius 3 is 3.11 bits per heavy atom. The van der Waals surface area contributed by atoms with E-state index in [2.05, 4.69) is 27.1 Å². The number of rotatable bonds is 6. The van der Waals surface area contributed by atoms with E-state index in [1.165, 1.54) is 23.8 Å². The Kier molecular flexibility index (Phi) is 3.30. The van der Waals surface area contributed by atoms with Gasteiger partial charge in [-0.1, -0.05) is 0 Å². The monoisotopic (exact) mass is 245 g/mol. The molecule has 1 aliphatic carbocycles. The Morgan fingerprint density at radius 2 is 2.33 bits per heavy atom. The summed E-state index contributed by atoms with van der Waals surface area (Å²) in [4.78, 5) is 4.45. The van der Waals surface area contributed by atoms with Crippen LogP contribution in [0, 0.1) is 0 Å². The Labute approximate surface area is 107 Å². The van der Waals surface area contributed by atoms with Gasteiger partial charge >= 0.3 is 0 Å². The number of aliphatic hydroxyl groups is 1. The molecule has 18 heavy (non-hydrogen) atoms. The van der Waals surface area contributed by atoms with Crippen LogP contribution in [0.3, 0.4) is 0 Å². The summed E-state index contributed by atoms with van der Waals surface area (Å²) in [7, 11) is 0. The number of nitrogens with zero attached hydrogens (tertiary/aromatic N) is 2. The van der Waals surface area contributed by atoms with Gasteiger partial charge in [0.15, 0.2) is 0 Å². The average Bonchev–Trinajstić information content (AvgIpc) is 3.17. The molecule has 2 aromatic rings. The SMILES string of the molecule is OCCCn1cc(CNC2CC2)c2cccnc21. The van der Waals surface area contributed by atoms with Crippen LogP contribution in [0.25, 0.3) is 11.0 Å². The molecule has 2 aromatic heterocycles. The second kappa shape index (κ2) is 5.08. The molecule has 2 heterocycles. The third kappa shape index (κ3) is 2.40. The average molecular weight is 245 g/mol. The zero-order valence-electron chi connectivity index (χ0n) is 10.5. The van der Waals surface area contributed by atoms with E-state index in [4.69, 9.17) is 5.11 Å². The fourth-order valence-corrected chi connectivity index (χ4v) is 2.29. The molecule has 0 aliphatic heterocycles. The quantitative estimate of drug-likeness (QED) is 0.814. The third-order valence-corrected chi connectivity index (χ3v) is 3.43. The Bertz CT molecular complexity index is 531. The van der Waals surface area contributed by atoms with Crippen LogP contribution in [-0.4, -0.2) is 27.3 Å². The van der Waals surface area contributed by atoms with Gasteiger partial charge in [-0.15, -0.1) is 0 Å². The summed E-state index contributed by atoms with van der Waals surface area (Å²) in [6.07, 6.45) is 7.39. The van der Waals surface area contributed by atoms with E-state index >= 15 is 0 Å². The molecule has 3 rings (SSSR count). The predicted octanol–water partition coefficient (Wildman–Crippen LogP) is 1.67. The molecule has 0 unspecified atom stereocenters. The van der Waals surface area contributed by atoms with Crippen molar-refractivity contribution in [3.8, 4) is 0 Å². The van der Waals surface area contributed by atoms with Gasteiger partial charge in [0.1, 0.15) is 5.65 Å². The molecule has 1 fully saturated rings. The zero-order chi connectivity index (χ0) is 12.4. The van der Waals surface area contributed by atoms with Crippen LogP contribution in [0.2, 0.25) is 0 Å². The van der Waals surface area contributed by atoms with E-state index in [1.807, 2.05) is 12.3 Å². The molecule has 0 saturated heterocycles. The van der Waals surface area contributed by atoms with Gasteiger partial charge in [-0.3, -0.25) is 0 Å². The van der Waals surface area contributed by atoms with E-state index in [9.17, 15) is 0 Å². The summed E-state index contributed by atoms with van der Waals surface area (Å²) in [5.41, 5.74) is 2.33. The molecule has 2 N–H and O–H groups in total. The fraction of sp³-hybridized carbons (Fsp3) is 0.500. The van der Waals surface area contributed by atoms with Crippen molar-refractivity contribution < 1.29 is 5.11 Å². The molecule has 1 aliphatic rings. The summed E-state index contributed by atoms with van der Waals surface area (Å²) in [5.74, 6) is 0. The van der Waals surface area contributed by atoms with E-state index < -0.39 is 0 Å². The molecule has 4 heteroatoms. The Hall–Kier alpha value is -1.39. The molecule has 0 aromatic carbocycles. The molecular formula is C14H19N3O. The van der Waals surface area contributed by atoms with Crippen molar-refractivity contribution in [2.75, 3.05) is 6.61 Å². The molecule has 0 spiro atoms. The highest BCUT2D eigenvalue weighted by Gasteiger charge is 2.20. The van der Waals surface area contributed by atoms with Crippen molar-refractivity contribution in [1.29, 1.82) is 0 Å². The largest absolute Gasteiger partial charge is 0.396 e. The van der Waals surface area contributed by atoms with Gasteiger partial charge in [0.2, 0.25) is 0 Å². The van der Waals surface area contributed by atoms with Crippen LogP contribution >= 0.6 is 0 Å². The Balaban J connectivity index is 1.86. The molecule has 96 valence electrons. The molecule has 0 atom stereocenters. The summed E-state index contributed by atoms with van der Waals surface area (Å²) in [6.45, 7) is 1.97. The molecular weight excluding hydrogens is 226 g/mol. The summed E-state index contributed by atoms with van der Waals surface area (Å²) >= 11 is 0. The van der Waals surface area contributed by atoms with Gasteiger partial charge in [0.05, 0.1) is 0 Å². The van der Waals surface area contributed by atoms with Crippen LogP contribution < -0.4 is 5.32 Å². The van der Waals surface area contributed by atoms with Crippen molar-refractivity contribution in [2.45, 2.75) is 38.4 Å². The van der Waals surface area contributed by atoms with Crippen LogP contribution in [0.1, 0.15) is 24.8 Å². The number of aryl methyl sites for hydroxylation is 1. The van der Waals surface area contributed by atoms with Crippen LogP contribution in [-0.2, 0) is 13.1 Å². The lowest BCUT2D eigenvalue weighted by molar-refractivity contribution is 0.280. The van der Waals surface area contributed by atoms with Crippen molar-refractivity contribution >= 4 is 11.0 Å². The maximum atomic E-state index is 8.94. The third-order valence-electron chi connectivity index (χ3n) is 3.43. The number of hydrogen-bond acceptors (Lipinski definition) is 3. The second-order valence-corrected chi connectivity index (χ2v) is 4.95. The first-order chi connectivity index (χ1) is 8.88. The van der Waals surface area contributed by atoms with Gasteiger partial charge in [-0.25, -0.2) is 4.98 Å². The van der Waals surface area contributed by atoms with Gasteiger partial charge < -0.3 is 15.0 Å². The summed E-state index contributed by atoms with van der Waals surface area (Å²) < 4.78 is 2.15. The highest BCUT2D eigenvalue weighted by atomic mass is 16.3. The molecule has 0 amide bonds. The van der Waals surface area contributed by atoms with Crippen LogP contribution in [0.4, 0.5) is 0 Å². The maximum absolute atomic E-state index is 8.94. The lowest BCUT2D eigenvalue weighted by atomic mass is 10.2. The minimum absolute atomic E-state index is 0.224. The maximum Gasteiger partial charge on any atom is 0.140 e. The van der Waals surface area contributed by atoms with E-state index in [1.54, 1.807) is 0 Å². The van der Waals surface area contributed by atoms with E-state index in [-0.39, 0.29) is 6.61 Å². The Morgan fingerprint density at radius 1 is 1.44 bits per heavy atom. The predicted molar refractivity (Wildman–Crippen MR) is 71.3 cm³/mol. The topological polar surface area (TPSA) is 50.1 Å². The normalized spacial score (nSPS) is 15.4. The first-order valence-electron chi connectivity index (χ1n) is 6.65. The molecule has 4 nitrogen and oxygen atoms in total. The number of hydrogen-bond donors (Lipinski definition) is 2. The smallest absolute Gasteiger partial charge is 0.140 e. The van der Waals surface area contributed by atoms with E-state index in [0.717, 1.165) is 31.2 Å². The standard InChI is InChI=1S/C14H19N3O/c18-8-2-7-17-10-11(9-16-12-4-5-12)13-3-1-6-15-14(13)17/h1,3,6,10,12,16,18H,2,4-5,7-9H2. The number of fused-ring (bicyclic) bond motifs is 1. The lowest BCUT2D eigenvalue weighted by Crippen LogP contribution is -2.14. The van der Waals surface area contributed by atoms with E-state index in [0.29, 0.717) is 0 Å². The van der Waals surface area contributed by atoms with Gasteiger partial charge in [0.25, 0.3) is 0 Å². The summed E-state index contributed by atoms with van der Waals surface area (Å²) in [5, 5.41) is 13.7. The first kappa shape index (κ1) is 11.7. The lowest BCUT2D eigenvalue weighted by Gasteiger charge is -2.01. The zero-order valence-corrected chi connectivity index (χ0v) is 10.5. The second-order valence-electron chi connectivity index (χ2n) is 4.95. The van der Waals surface area contributed by atoms with Crippen molar-refractivity contribution in [1.82, 2.24) is 14.9 Å². The van der Waals surface area contributed by atoms with Crippen molar-refractivity contribution in [3.05, 3.63) is 30.1 Å². The highest BCUT2D eigenvalue weighted by molar-refractivity contribution is 5.80. The van der Waals surface area contributed by atoms with Crippen molar-refractivity contribution in [2.24, 2.45) is 0 Å². The minimum atomic E-state index is 0.224. The number of aromatic nitrogens is 2. The van der Waals surface area contributed by atoms with Gasteiger partial charge in [-0.05, 0) is 37.0 Å². The highest BCUT2D eigenvalue weighted by Crippen LogP contribution is 2.23. The fourth-order valence-electron chi connectivity index (χ4n) is 2.29. The van der Waals surface area contributed by atoms with Crippen LogP contribution in [0.5, 0.6) is 0 Å². The molecule has 1 saturated carbocycles. The van der Waals surface area contributed by atoms with Gasteiger partial charge in [-0.2, -0.15) is 0 Å². The summed E-state index contributed by atoms with van der Waals surface area (Å²) in [6, 6.07) is 4.83. The number of nitrogens with one attached hydrogen (secondary N) is 1. The van der Waals surface area contributed by atoms with Crippen molar-refractivity contribution in [3.63, 3.8) is 0 Å². The number of pyridine rings is 1. The molecule has 0 bridgehead atoms. The number of aliphatic hydroxyl groups excluding tert-OH is 1. The van der Waals surface area contributed by atoms with Crippen LogP contribution in [0.15, 0.2) is 24.5 Å².